The van der Waals surface area contributed by atoms with Crippen molar-refractivity contribution in [1.29, 1.82) is 0 Å². The number of allylic oxidation sites excluding steroid dienone is 11. The van der Waals surface area contributed by atoms with Crippen molar-refractivity contribution in [2.75, 3.05) is 40.9 Å². The third kappa shape index (κ3) is 48.5. The van der Waals surface area contributed by atoms with E-state index < -0.39 is 20.0 Å². The molecule has 0 aromatic rings. The Labute approximate surface area is 419 Å². The first-order valence-electron chi connectivity index (χ1n) is 27.8. The molecule has 0 saturated heterocycles. The van der Waals surface area contributed by atoms with Crippen LogP contribution in [0.5, 0.6) is 0 Å². The summed E-state index contributed by atoms with van der Waals surface area (Å²) in [7, 11) is 1.45. The summed E-state index contributed by atoms with van der Waals surface area (Å²) in [5, 5.41) is 3.02. The van der Waals surface area contributed by atoms with Crippen molar-refractivity contribution in [1.82, 2.24) is 5.32 Å². The van der Waals surface area contributed by atoms with Gasteiger partial charge in [-0.2, -0.15) is 0 Å². The van der Waals surface area contributed by atoms with Gasteiger partial charge < -0.3 is 19.4 Å². The lowest BCUT2D eigenvalue weighted by molar-refractivity contribution is -0.870. The Morgan fingerprint density at radius 2 is 0.912 bits per heavy atom. The second kappa shape index (κ2) is 48.1. The summed E-state index contributed by atoms with van der Waals surface area (Å²) < 4.78 is 30.5. The van der Waals surface area contributed by atoms with Crippen molar-refractivity contribution in [3.05, 3.63) is 72.9 Å². The summed E-state index contributed by atoms with van der Waals surface area (Å²) in [6.45, 7) is 6.91. The molecule has 2 N–H and O–H groups in total. The molecule has 0 aliphatic heterocycles. The number of likely N-dealkylation sites (N-methyl/N-ethyl adjacent to an activating group) is 1. The Balaban J connectivity index is 5.48. The van der Waals surface area contributed by atoms with Gasteiger partial charge >= 0.3 is 13.8 Å². The number of nitrogens with one attached hydrogen (secondary N) is 1. The van der Waals surface area contributed by atoms with Crippen molar-refractivity contribution in [2.45, 2.75) is 245 Å². The minimum atomic E-state index is -4.46. The van der Waals surface area contributed by atoms with Gasteiger partial charge in [-0.05, 0) is 96.0 Å². The first-order chi connectivity index (χ1) is 32.9. The molecule has 3 atom stereocenters. The SMILES string of the molecule is CCCCC/C=C\C/C=C\C/C=C\C/C=C\CCCC(=O)OC(/C=C/CCCCCCCCCCC)C(COP(=O)(O)OCC[N+](C)(C)C)NC(=O)CCCCC/C=C\CCCCCCCCC. The van der Waals surface area contributed by atoms with Crippen LogP contribution in [0, 0.1) is 0 Å². The Hall–Kier alpha value is -2.55. The topological polar surface area (TPSA) is 111 Å². The van der Waals surface area contributed by atoms with Gasteiger partial charge in [0.15, 0.2) is 0 Å². The summed E-state index contributed by atoms with van der Waals surface area (Å²) in [6.07, 6.45) is 60.5. The summed E-state index contributed by atoms with van der Waals surface area (Å²) in [6, 6.07) is -0.878. The van der Waals surface area contributed by atoms with Gasteiger partial charge in [0, 0.05) is 12.8 Å². The van der Waals surface area contributed by atoms with Crippen LogP contribution in [0.15, 0.2) is 72.9 Å². The average Bonchev–Trinajstić information content (AvgIpc) is 3.29. The molecule has 0 spiro atoms. The number of phosphoric ester groups is 1. The van der Waals surface area contributed by atoms with E-state index in [2.05, 4.69) is 86.8 Å². The molecule has 3 unspecified atom stereocenters. The van der Waals surface area contributed by atoms with Crippen LogP contribution in [0.25, 0.3) is 0 Å². The molecule has 0 aromatic carbocycles. The maximum Gasteiger partial charge on any atom is 0.472 e. The lowest BCUT2D eigenvalue weighted by atomic mass is 10.1. The molecule has 9 nitrogen and oxygen atoms in total. The lowest BCUT2D eigenvalue weighted by Gasteiger charge is -2.27. The quantitative estimate of drug-likeness (QED) is 0.0205. The fraction of sp³-hybridized carbons (Fsp3) is 0.759. The van der Waals surface area contributed by atoms with E-state index in [0.717, 1.165) is 70.6 Å². The van der Waals surface area contributed by atoms with Gasteiger partial charge in [-0.15, -0.1) is 0 Å². The Morgan fingerprint density at radius 1 is 0.515 bits per heavy atom. The highest BCUT2D eigenvalue weighted by Crippen LogP contribution is 2.43. The van der Waals surface area contributed by atoms with Gasteiger partial charge in [0.1, 0.15) is 19.3 Å². The average molecular weight is 974 g/mol. The zero-order valence-corrected chi connectivity index (χ0v) is 45.7. The number of ether oxygens (including phenoxy) is 1. The summed E-state index contributed by atoms with van der Waals surface area (Å²) in [5.41, 5.74) is 0. The van der Waals surface area contributed by atoms with Crippen molar-refractivity contribution in [3.8, 4) is 0 Å². The zero-order valence-electron chi connectivity index (χ0n) is 44.8. The van der Waals surface area contributed by atoms with Crippen molar-refractivity contribution in [2.24, 2.45) is 0 Å². The molecule has 0 aromatic heterocycles. The maximum atomic E-state index is 13.4. The number of phosphoric acid groups is 1. The molecular formula is C58H106N2O7P+. The molecule has 1 amide bonds. The standard InChI is InChI=1S/C58H105N2O7P/c1-7-10-13-16-19-22-25-27-29-30-31-33-36-39-42-45-48-51-58(62)67-56(49-46-43-40-37-34-24-21-18-15-12-9-3)55(54-66-68(63,64)65-53-52-60(4,5)6)59-57(61)50-47-44-41-38-35-32-28-26-23-20-17-14-11-8-2/h19,22,27,29,31-33,35,39,42,46,49,55-56H,7-18,20-21,23-26,28,30,34,36-38,40-41,43-45,47-48,50-54H2,1-6H3,(H-,59,61,63,64)/p+1/b22-19-,29-27-,33-31-,35-32-,42-39-,49-46+. The zero-order chi connectivity index (χ0) is 50.1. The predicted octanol–water partition coefficient (Wildman–Crippen LogP) is 16.5. The van der Waals surface area contributed by atoms with Crippen molar-refractivity contribution >= 4 is 19.7 Å². The second-order valence-electron chi connectivity index (χ2n) is 19.7. The highest BCUT2D eigenvalue weighted by molar-refractivity contribution is 7.47. The minimum Gasteiger partial charge on any atom is -0.456 e. The maximum absolute atomic E-state index is 13.4. The van der Waals surface area contributed by atoms with E-state index in [9.17, 15) is 19.0 Å². The third-order valence-electron chi connectivity index (χ3n) is 11.9. The number of unbranched alkanes of at least 4 members (excludes halogenated alkanes) is 23. The molecule has 394 valence electrons. The molecule has 0 aliphatic rings. The number of hydrogen-bond donors (Lipinski definition) is 2. The summed E-state index contributed by atoms with van der Waals surface area (Å²) in [5.74, 6) is -0.593. The number of carbonyl (C=O) groups is 2. The van der Waals surface area contributed by atoms with E-state index in [1.165, 1.54) is 116 Å². The van der Waals surface area contributed by atoms with Crippen LogP contribution in [0.3, 0.4) is 0 Å². The normalized spacial score (nSPS) is 14.4. The first-order valence-corrected chi connectivity index (χ1v) is 29.3. The second-order valence-corrected chi connectivity index (χ2v) is 21.2. The van der Waals surface area contributed by atoms with Crippen LogP contribution < -0.4 is 5.32 Å². The lowest BCUT2D eigenvalue weighted by Crippen LogP contribution is -2.47. The van der Waals surface area contributed by atoms with Crippen LogP contribution in [-0.4, -0.2) is 74.3 Å². The van der Waals surface area contributed by atoms with Crippen LogP contribution in [0.1, 0.15) is 233 Å². The summed E-state index contributed by atoms with van der Waals surface area (Å²) >= 11 is 0. The summed E-state index contributed by atoms with van der Waals surface area (Å²) in [4.78, 5) is 37.5. The fourth-order valence-electron chi connectivity index (χ4n) is 7.51. The van der Waals surface area contributed by atoms with Crippen LogP contribution in [-0.2, 0) is 27.9 Å². The molecule has 0 heterocycles. The Bertz CT molecular complexity index is 1400. The van der Waals surface area contributed by atoms with Gasteiger partial charge in [0.05, 0.1) is 33.8 Å². The van der Waals surface area contributed by atoms with Crippen LogP contribution >= 0.6 is 7.82 Å². The molecule has 0 fully saturated rings. The minimum absolute atomic E-state index is 0.0269. The number of carbonyl (C=O) groups excluding carboxylic acids is 2. The Morgan fingerprint density at radius 3 is 1.41 bits per heavy atom. The van der Waals surface area contributed by atoms with E-state index in [4.69, 9.17) is 13.8 Å². The number of quaternary nitrogens is 1. The van der Waals surface area contributed by atoms with Crippen LogP contribution in [0.2, 0.25) is 0 Å². The van der Waals surface area contributed by atoms with Gasteiger partial charge in [-0.25, -0.2) is 4.57 Å². The highest BCUT2D eigenvalue weighted by atomic mass is 31.2. The molecule has 68 heavy (non-hydrogen) atoms. The van der Waals surface area contributed by atoms with Gasteiger partial charge in [-0.3, -0.25) is 18.6 Å². The molecular weight excluding hydrogens is 868 g/mol. The molecule has 0 aliphatic carbocycles. The van der Waals surface area contributed by atoms with E-state index >= 15 is 0 Å². The van der Waals surface area contributed by atoms with Gasteiger partial charge in [0.2, 0.25) is 5.91 Å². The number of esters is 1. The number of hydrogen-bond acceptors (Lipinski definition) is 6. The monoisotopic (exact) mass is 974 g/mol. The van der Waals surface area contributed by atoms with Crippen molar-refractivity contribution in [3.63, 3.8) is 0 Å². The molecule has 10 heteroatoms. The van der Waals surface area contributed by atoms with E-state index in [1.807, 2.05) is 33.3 Å². The third-order valence-corrected chi connectivity index (χ3v) is 12.9. The van der Waals surface area contributed by atoms with Gasteiger partial charge in [0.25, 0.3) is 0 Å². The van der Waals surface area contributed by atoms with E-state index in [0.29, 0.717) is 30.3 Å². The molecule has 0 radical (unpaired) electrons. The number of amides is 1. The number of nitrogens with zero attached hydrogens (tertiary/aromatic N) is 1. The number of rotatable bonds is 49. The fourth-order valence-corrected chi connectivity index (χ4v) is 8.25. The van der Waals surface area contributed by atoms with Crippen molar-refractivity contribution < 1.29 is 37.3 Å². The predicted molar refractivity (Wildman–Crippen MR) is 291 cm³/mol. The molecule has 0 saturated carbocycles. The first kappa shape index (κ1) is 65.5. The molecule has 0 rings (SSSR count). The highest BCUT2D eigenvalue weighted by Gasteiger charge is 2.30. The molecule has 0 bridgehead atoms. The van der Waals surface area contributed by atoms with Crippen LogP contribution in [0.4, 0.5) is 0 Å². The smallest absolute Gasteiger partial charge is 0.456 e. The Kier molecular flexibility index (Phi) is 46.3. The van der Waals surface area contributed by atoms with E-state index in [-0.39, 0.29) is 31.5 Å². The largest absolute Gasteiger partial charge is 0.472 e. The van der Waals surface area contributed by atoms with E-state index in [1.54, 1.807) is 0 Å². The van der Waals surface area contributed by atoms with Gasteiger partial charge in [-0.1, -0.05) is 197 Å².